The minimum atomic E-state index is 0.119. The van der Waals surface area contributed by atoms with Gasteiger partial charge in [0, 0.05) is 24.2 Å². The van der Waals surface area contributed by atoms with Crippen molar-refractivity contribution in [2.24, 2.45) is 0 Å². The van der Waals surface area contributed by atoms with Crippen LogP contribution in [0.4, 0.5) is 0 Å². The average molecular weight is 266 g/mol. The smallest absolute Gasteiger partial charge is 0.0712 e. The minimum Gasteiger partial charge on any atom is -0.306 e. The summed E-state index contributed by atoms with van der Waals surface area (Å²) in [4.78, 5) is 4.27. The molecule has 20 heavy (non-hydrogen) atoms. The number of hydrogen-bond donors (Lipinski definition) is 1. The van der Waals surface area contributed by atoms with Crippen molar-refractivity contribution in [3.05, 3.63) is 65.7 Å². The van der Waals surface area contributed by atoms with Crippen LogP contribution in [0.25, 0.3) is 5.52 Å². The van der Waals surface area contributed by atoms with Crippen LogP contribution in [-0.2, 0) is 0 Å². The van der Waals surface area contributed by atoms with E-state index in [0.29, 0.717) is 0 Å². The third-order valence-electron chi connectivity index (χ3n) is 3.57. The maximum absolute atomic E-state index is 4.43. The van der Waals surface area contributed by atoms with Gasteiger partial charge in [-0.2, -0.15) is 5.10 Å². The second-order valence-corrected chi connectivity index (χ2v) is 4.85. The highest BCUT2D eigenvalue weighted by atomic mass is 15.2. The summed E-state index contributed by atoms with van der Waals surface area (Å²) >= 11 is 0. The van der Waals surface area contributed by atoms with Crippen LogP contribution in [0.15, 0.2) is 49.1 Å². The van der Waals surface area contributed by atoms with Crippen molar-refractivity contribution in [2.45, 2.75) is 19.9 Å². The molecule has 0 saturated carbocycles. The van der Waals surface area contributed by atoms with Gasteiger partial charge in [0.25, 0.3) is 0 Å². The second-order valence-electron chi connectivity index (χ2n) is 4.85. The maximum atomic E-state index is 4.43. The highest BCUT2D eigenvalue weighted by Gasteiger charge is 2.19. The van der Waals surface area contributed by atoms with Gasteiger partial charge >= 0.3 is 0 Å². The third kappa shape index (κ3) is 2.18. The van der Waals surface area contributed by atoms with Crippen LogP contribution in [-0.4, -0.2) is 21.1 Å². The van der Waals surface area contributed by atoms with Gasteiger partial charge in [0.1, 0.15) is 0 Å². The Balaban J connectivity index is 2.14. The lowest BCUT2D eigenvalue weighted by Gasteiger charge is -2.19. The first kappa shape index (κ1) is 12.8. The predicted molar refractivity (Wildman–Crippen MR) is 79.7 cm³/mol. The number of aromatic nitrogens is 3. The van der Waals surface area contributed by atoms with Crippen molar-refractivity contribution < 1.29 is 0 Å². The summed E-state index contributed by atoms with van der Waals surface area (Å²) in [5.41, 5.74) is 4.75. The molecule has 3 aromatic heterocycles. The Morgan fingerprint density at radius 3 is 2.90 bits per heavy atom. The lowest BCUT2D eigenvalue weighted by atomic mass is 9.97. The van der Waals surface area contributed by atoms with E-state index >= 15 is 0 Å². The van der Waals surface area contributed by atoms with Crippen molar-refractivity contribution in [3.63, 3.8) is 0 Å². The number of rotatable bonds is 4. The highest BCUT2D eigenvalue weighted by Crippen LogP contribution is 2.27. The molecular weight excluding hydrogens is 248 g/mol. The fraction of sp³-hybridized carbons (Fsp3) is 0.250. The van der Waals surface area contributed by atoms with Crippen molar-refractivity contribution >= 4 is 5.52 Å². The van der Waals surface area contributed by atoms with Gasteiger partial charge in [-0.3, -0.25) is 4.98 Å². The number of aryl methyl sites for hydroxylation is 1. The van der Waals surface area contributed by atoms with Crippen LogP contribution in [0.1, 0.15) is 29.7 Å². The molecule has 4 nitrogen and oxygen atoms in total. The van der Waals surface area contributed by atoms with Gasteiger partial charge in [0.15, 0.2) is 0 Å². The summed E-state index contributed by atoms with van der Waals surface area (Å²) in [5.74, 6) is 0. The molecule has 0 aliphatic rings. The first-order valence-electron chi connectivity index (χ1n) is 6.87. The first-order valence-corrected chi connectivity index (χ1v) is 6.87. The van der Waals surface area contributed by atoms with E-state index in [1.807, 2.05) is 47.5 Å². The molecule has 0 spiro atoms. The number of nitrogens with zero attached hydrogens (tertiary/aromatic N) is 3. The van der Waals surface area contributed by atoms with Crippen molar-refractivity contribution in [2.75, 3.05) is 6.54 Å². The topological polar surface area (TPSA) is 42.2 Å². The molecule has 3 aromatic rings. The van der Waals surface area contributed by atoms with E-state index in [-0.39, 0.29) is 6.04 Å². The van der Waals surface area contributed by atoms with E-state index in [2.05, 4.69) is 35.3 Å². The number of fused-ring (bicyclic) bond motifs is 1. The maximum Gasteiger partial charge on any atom is 0.0712 e. The molecule has 4 heteroatoms. The molecule has 0 aliphatic carbocycles. The van der Waals surface area contributed by atoms with Crippen LogP contribution in [0.3, 0.4) is 0 Å². The van der Waals surface area contributed by atoms with Gasteiger partial charge in [-0.15, -0.1) is 0 Å². The molecule has 1 N–H and O–H groups in total. The van der Waals surface area contributed by atoms with Crippen LogP contribution < -0.4 is 5.32 Å². The van der Waals surface area contributed by atoms with E-state index in [1.165, 1.54) is 16.7 Å². The van der Waals surface area contributed by atoms with E-state index < -0.39 is 0 Å². The molecule has 0 aliphatic heterocycles. The SMILES string of the molecule is CCNC(c1cnccc1C)c1cnn2ccccc12. The molecular formula is C16H18N4. The molecule has 1 unspecified atom stereocenters. The van der Waals surface area contributed by atoms with Gasteiger partial charge < -0.3 is 5.32 Å². The molecule has 3 heterocycles. The first-order chi connectivity index (χ1) is 9.81. The van der Waals surface area contributed by atoms with Gasteiger partial charge in [-0.1, -0.05) is 13.0 Å². The summed E-state index contributed by atoms with van der Waals surface area (Å²) in [6, 6.07) is 8.29. The molecule has 0 bridgehead atoms. The normalized spacial score (nSPS) is 12.7. The fourth-order valence-electron chi connectivity index (χ4n) is 2.55. The molecule has 0 radical (unpaired) electrons. The van der Waals surface area contributed by atoms with Gasteiger partial charge in [0.2, 0.25) is 0 Å². The van der Waals surface area contributed by atoms with E-state index in [9.17, 15) is 0 Å². The van der Waals surface area contributed by atoms with Gasteiger partial charge in [-0.25, -0.2) is 4.52 Å². The quantitative estimate of drug-likeness (QED) is 0.789. The van der Waals surface area contributed by atoms with Crippen molar-refractivity contribution in [1.29, 1.82) is 0 Å². The summed E-state index contributed by atoms with van der Waals surface area (Å²) in [6.45, 7) is 5.13. The number of pyridine rings is 2. The zero-order valence-electron chi connectivity index (χ0n) is 11.7. The standard InChI is InChI=1S/C16H18N4/c1-3-18-16(13-10-17-8-7-12(13)2)14-11-19-20-9-5-4-6-15(14)20/h4-11,16,18H,3H2,1-2H3. The van der Waals surface area contributed by atoms with Gasteiger partial charge in [-0.05, 0) is 42.8 Å². The Morgan fingerprint density at radius 1 is 1.20 bits per heavy atom. The van der Waals surface area contributed by atoms with Crippen molar-refractivity contribution in [1.82, 2.24) is 19.9 Å². The third-order valence-corrected chi connectivity index (χ3v) is 3.57. The van der Waals surface area contributed by atoms with E-state index in [0.717, 1.165) is 12.1 Å². The lowest BCUT2D eigenvalue weighted by Crippen LogP contribution is -2.22. The molecule has 0 saturated heterocycles. The molecule has 0 fully saturated rings. The molecule has 3 rings (SSSR count). The summed E-state index contributed by atoms with van der Waals surface area (Å²) < 4.78 is 1.91. The number of hydrogen-bond acceptors (Lipinski definition) is 3. The Labute approximate surface area is 118 Å². The average Bonchev–Trinajstić information content (AvgIpc) is 2.90. The second kappa shape index (κ2) is 5.43. The molecule has 0 amide bonds. The zero-order chi connectivity index (χ0) is 13.9. The predicted octanol–water partition coefficient (Wildman–Crippen LogP) is 2.74. The largest absolute Gasteiger partial charge is 0.306 e. The highest BCUT2D eigenvalue weighted by molar-refractivity contribution is 5.57. The van der Waals surface area contributed by atoms with Crippen LogP contribution in [0.2, 0.25) is 0 Å². The van der Waals surface area contributed by atoms with E-state index in [4.69, 9.17) is 0 Å². The van der Waals surface area contributed by atoms with Crippen LogP contribution >= 0.6 is 0 Å². The minimum absolute atomic E-state index is 0.119. The van der Waals surface area contributed by atoms with Crippen LogP contribution in [0, 0.1) is 6.92 Å². The Bertz CT molecular complexity index is 717. The Hall–Kier alpha value is -2.20. The molecule has 0 aromatic carbocycles. The zero-order valence-corrected chi connectivity index (χ0v) is 11.7. The van der Waals surface area contributed by atoms with Crippen molar-refractivity contribution in [3.8, 4) is 0 Å². The lowest BCUT2D eigenvalue weighted by molar-refractivity contribution is 0.629. The fourth-order valence-corrected chi connectivity index (χ4v) is 2.55. The van der Waals surface area contributed by atoms with Crippen LogP contribution in [0.5, 0.6) is 0 Å². The monoisotopic (exact) mass is 266 g/mol. The molecule has 102 valence electrons. The van der Waals surface area contributed by atoms with E-state index in [1.54, 1.807) is 0 Å². The Kier molecular flexibility index (Phi) is 3.48. The summed E-state index contributed by atoms with van der Waals surface area (Å²) in [6.07, 6.45) is 7.68. The Morgan fingerprint density at radius 2 is 2.10 bits per heavy atom. The summed E-state index contributed by atoms with van der Waals surface area (Å²) in [5, 5.41) is 7.97. The summed E-state index contributed by atoms with van der Waals surface area (Å²) in [7, 11) is 0. The number of nitrogens with one attached hydrogen (secondary N) is 1. The van der Waals surface area contributed by atoms with Gasteiger partial charge in [0.05, 0.1) is 17.8 Å². The molecule has 1 atom stereocenters.